The van der Waals surface area contributed by atoms with Gasteiger partial charge in [-0.15, -0.1) is 0 Å². The fourth-order valence-corrected chi connectivity index (χ4v) is 2.20. The molecule has 0 atom stereocenters. The number of nitrogens with zero attached hydrogens (tertiary/aromatic N) is 3. The van der Waals surface area contributed by atoms with Gasteiger partial charge in [0.25, 0.3) is 0 Å². The molecule has 0 bridgehead atoms. The molecule has 0 aliphatic carbocycles. The van der Waals surface area contributed by atoms with E-state index in [1.165, 1.54) is 0 Å². The summed E-state index contributed by atoms with van der Waals surface area (Å²) in [5.41, 5.74) is 1.93. The highest BCUT2D eigenvalue weighted by Crippen LogP contribution is 2.03. The number of pyridine rings is 1. The van der Waals surface area contributed by atoms with Crippen molar-refractivity contribution >= 4 is 5.91 Å². The fraction of sp³-hybridized carbons (Fsp3) is 0.571. The first kappa shape index (κ1) is 14.0. The molecule has 0 saturated carbocycles. The van der Waals surface area contributed by atoms with Crippen LogP contribution in [0.15, 0.2) is 18.2 Å². The van der Waals surface area contributed by atoms with Gasteiger partial charge in [0.05, 0.1) is 18.8 Å². The third-order valence-electron chi connectivity index (χ3n) is 3.34. The highest BCUT2D eigenvalue weighted by molar-refractivity contribution is 5.77. The molecule has 1 aromatic heterocycles. The Kier molecular flexibility index (Phi) is 4.87. The summed E-state index contributed by atoms with van der Waals surface area (Å²) in [6.45, 7) is 6.88. The van der Waals surface area contributed by atoms with Crippen LogP contribution in [0, 0.1) is 6.92 Å². The van der Waals surface area contributed by atoms with E-state index in [4.69, 9.17) is 0 Å². The molecule has 1 N–H and O–H groups in total. The zero-order valence-electron chi connectivity index (χ0n) is 11.7. The number of amides is 1. The molecule has 5 nitrogen and oxygen atoms in total. The molecule has 0 unspecified atom stereocenters. The molecular formula is C14H22N4O. The van der Waals surface area contributed by atoms with Crippen molar-refractivity contribution in [1.82, 2.24) is 20.1 Å². The summed E-state index contributed by atoms with van der Waals surface area (Å²) in [6, 6.07) is 5.90. The Hall–Kier alpha value is -1.46. The SMILES string of the molecule is Cc1cccc(CN(C)C(=O)CN2CCNCC2)n1. The minimum Gasteiger partial charge on any atom is -0.339 e. The van der Waals surface area contributed by atoms with E-state index in [9.17, 15) is 4.79 Å². The maximum atomic E-state index is 12.1. The molecule has 19 heavy (non-hydrogen) atoms. The summed E-state index contributed by atoms with van der Waals surface area (Å²) in [7, 11) is 1.84. The van der Waals surface area contributed by atoms with Crippen molar-refractivity contribution in [3.63, 3.8) is 0 Å². The van der Waals surface area contributed by atoms with E-state index in [-0.39, 0.29) is 5.91 Å². The van der Waals surface area contributed by atoms with Crippen molar-refractivity contribution in [2.75, 3.05) is 39.8 Å². The van der Waals surface area contributed by atoms with Gasteiger partial charge in [-0.3, -0.25) is 14.7 Å². The Balaban J connectivity index is 1.84. The second kappa shape index (κ2) is 6.63. The number of likely N-dealkylation sites (N-methyl/N-ethyl adjacent to an activating group) is 1. The quantitative estimate of drug-likeness (QED) is 0.845. The summed E-state index contributed by atoms with van der Waals surface area (Å²) in [5, 5.41) is 3.29. The van der Waals surface area contributed by atoms with Gasteiger partial charge < -0.3 is 10.2 Å². The highest BCUT2D eigenvalue weighted by atomic mass is 16.2. The lowest BCUT2D eigenvalue weighted by Crippen LogP contribution is -2.47. The Bertz CT molecular complexity index is 429. The van der Waals surface area contributed by atoms with Crippen LogP contribution in [0.5, 0.6) is 0 Å². The van der Waals surface area contributed by atoms with E-state index < -0.39 is 0 Å². The lowest BCUT2D eigenvalue weighted by molar-refractivity contribution is -0.131. The van der Waals surface area contributed by atoms with Crippen LogP contribution >= 0.6 is 0 Å². The third kappa shape index (κ3) is 4.29. The number of aromatic nitrogens is 1. The fourth-order valence-electron chi connectivity index (χ4n) is 2.20. The van der Waals surface area contributed by atoms with E-state index in [0.717, 1.165) is 37.6 Å². The summed E-state index contributed by atoms with van der Waals surface area (Å²) < 4.78 is 0. The molecule has 0 radical (unpaired) electrons. The molecule has 2 rings (SSSR count). The van der Waals surface area contributed by atoms with Gasteiger partial charge in [0, 0.05) is 38.9 Å². The van der Waals surface area contributed by atoms with Crippen molar-refractivity contribution in [3.8, 4) is 0 Å². The predicted octanol–water partition coefficient (Wildman–Crippen LogP) is 0.254. The van der Waals surface area contributed by atoms with Crippen molar-refractivity contribution in [2.45, 2.75) is 13.5 Å². The van der Waals surface area contributed by atoms with E-state index in [1.807, 2.05) is 32.2 Å². The number of hydrogen-bond donors (Lipinski definition) is 1. The van der Waals surface area contributed by atoms with Crippen molar-refractivity contribution < 1.29 is 4.79 Å². The molecule has 0 aromatic carbocycles. The summed E-state index contributed by atoms with van der Waals surface area (Å²) in [5.74, 6) is 0.158. The number of rotatable bonds is 4. The minimum atomic E-state index is 0.158. The Morgan fingerprint density at radius 1 is 1.42 bits per heavy atom. The van der Waals surface area contributed by atoms with Crippen LogP contribution in [0.4, 0.5) is 0 Å². The van der Waals surface area contributed by atoms with Crippen LogP contribution in [-0.2, 0) is 11.3 Å². The summed E-state index contributed by atoms with van der Waals surface area (Å²) in [6.07, 6.45) is 0. The van der Waals surface area contributed by atoms with Crippen LogP contribution in [-0.4, -0.2) is 60.5 Å². The molecule has 5 heteroatoms. The molecule has 1 aromatic rings. The number of carbonyl (C=O) groups excluding carboxylic acids is 1. The lowest BCUT2D eigenvalue weighted by atomic mass is 10.3. The van der Waals surface area contributed by atoms with Crippen LogP contribution in [0.2, 0.25) is 0 Å². The van der Waals surface area contributed by atoms with Crippen LogP contribution in [0.1, 0.15) is 11.4 Å². The first-order chi connectivity index (χ1) is 9.15. The first-order valence-electron chi connectivity index (χ1n) is 6.75. The van der Waals surface area contributed by atoms with Gasteiger partial charge >= 0.3 is 0 Å². The molecular weight excluding hydrogens is 240 g/mol. The normalized spacial score (nSPS) is 16.3. The minimum absolute atomic E-state index is 0.158. The standard InChI is InChI=1S/C14H22N4O/c1-12-4-3-5-13(16-12)10-17(2)14(19)11-18-8-6-15-7-9-18/h3-5,15H,6-11H2,1-2H3. The molecule has 1 fully saturated rings. The van der Waals surface area contributed by atoms with Crippen LogP contribution in [0.25, 0.3) is 0 Å². The van der Waals surface area contributed by atoms with Gasteiger partial charge in [-0.05, 0) is 19.1 Å². The largest absolute Gasteiger partial charge is 0.339 e. The van der Waals surface area contributed by atoms with Gasteiger partial charge in [-0.1, -0.05) is 6.07 Å². The molecule has 2 heterocycles. The monoisotopic (exact) mass is 262 g/mol. The lowest BCUT2D eigenvalue weighted by Gasteiger charge is -2.28. The maximum absolute atomic E-state index is 12.1. The van der Waals surface area contributed by atoms with Gasteiger partial charge in [0.1, 0.15) is 0 Å². The highest BCUT2D eigenvalue weighted by Gasteiger charge is 2.16. The van der Waals surface area contributed by atoms with Crippen molar-refractivity contribution in [1.29, 1.82) is 0 Å². The van der Waals surface area contributed by atoms with Crippen molar-refractivity contribution in [3.05, 3.63) is 29.6 Å². The Morgan fingerprint density at radius 2 is 2.16 bits per heavy atom. The van der Waals surface area contributed by atoms with Gasteiger partial charge in [-0.2, -0.15) is 0 Å². The molecule has 1 saturated heterocycles. The third-order valence-corrected chi connectivity index (χ3v) is 3.34. The molecule has 0 spiro atoms. The van der Waals surface area contributed by atoms with Gasteiger partial charge in [0.15, 0.2) is 0 Å². The number of hydrogen-bond acceptors (Lipinski definition) is 4. The Labute approximate surface area is 114 Å². The van der Waals surface area contributed by atoms with E-state index in [1.54, 1.807) is 4.90 Å². The zero-order chi connectivity index (χ0) is 13.7. The number of piperazine rings is 1. The van der Waals surface area contributed by atoms with Gasteiger partial charge in [0.2, 0.25) is 5.91 Å². The average molecular weight is 262 g/mol. The van der Waals surface area contributed by atoms with E-state index >= 15 is 0 Å². The van der Waals surface area contributed by atoms with Crippen molar-refractivity contribution in [2.24, 2.45) is 0 Å². The smallest absolute Gasteiger partial charge is 0.236 e. The molecule has 1 aliphatic heterocycles. The second-order valence-electron chi connectivity index (χ2n) is 5.05. The molecule has 104 valence electrons. The van der Waals surface area contributed by atoms with E-state index in [2.05, 4.69) is 15.2 Å². The number of carbonyl (C=O) groups is 1. The zero-order valence-corrected chi connectivity index (χ0v) is 11.7. The van der Waals surface area contributed by atoms with Crippen LogP contribution < -0.4 is 5.32 Å². The molecule has 1 amide bonds. The first-order valence-corrected chi connectivity index (χ1v) is 6.75. The predicted molar refractivity (Wildman–Crippen MR) is 74.8 cm³/mol. The Morgan fingerprint density at radius 3 is 2.84 bits per heavy atom. The van der Waals surface area contributed by atoms with Crippen LogP contribution in [0.3, 0.4) is 0 Å². The summed E-state index contributed by atoms with van der Waals surface area (Å²) in [4.78, 5) is 20.5. The van der Waals surface area contributed by atoms with Gasteiger partial charge in [-0.25, -0.2) is 0 Å². The van der Waals surface area contributed by atoms with E-state index in [0.29, 0.717) is 13.1 Å². The topological polar surface area (TPSA) is 48.5 Å². The maximum Gasteiger partial charge on any atom is 0.236 e. The second-order valence-corrected chi connectivity index (χ2v) is 5.05. The number of nitrogens with one attached hydrogen (secondary N) is 1. The summed E-state index contributed by atoms with van der Waals surface area (Å²) >= 11 is 0. The number of aryl methyl sites for hydroxylation is 1. The average Bonchev–Trinajstić information content (AvgIpc) is 2.40. The molecule has 1 aliphatic rings.